The number of halogens is 2. The molecule has 0 radical (unpaired) electrons. The first-order valence-corrected chi connectivity index (χ1v) is 11.1. The second-order valence-corrected chi connectivity index (χ2v) is 8.67. The molecular weight excluding hydrogens is 431 g/mol. The van der Waals surface area contributed by atoms with Crippen LogP contribution in [0.25, 0.3) is 11.4 Å². The highest BCUT2D eigenvalue weighted by molar-refractivity contribution is 6.31. The second-order valence-electron chi connectivity index (χ2n) is 8.24. The zero-order valence-electron chi connectivity index (χ0n) is 17.3. The second kappa shape index (κ2) is 8.82. The molecule has 0 saturated carbocycles. The van der Waals surface area contributed by atoms with Crippen molar-refractivity contribution in [1.29, 1.82) is 0 Å². The lowest BCUT2D eigenvalue weighted by molar-refractivity contribution is 0.0403. The number of pyridine rings is 1. The van der Waals surface area contributed by atoms with E-state index in [0.29, 0.717) is 34.5 Å². The van der Waals surface area contributed by atoms with Crippen molar-refractivity contribution in [3.8, 4) is 17.3 Å². The average molecular weight is 453 g/mol. The third kappa shape index (κ3) is 4.05. The Kier molecular flexibility index (Phi) is 5.74. The smallest absolute Gasteiger partial charge is 0.255 e. The van der Waals surface area contributed by atoms with E-state index in [-0.39, 0.29) is 23.9 Å². The van der Waals surface area contributed by atoms with Crippen molar-refractivity contribution in [2.75, 3.05) is 6.61 Å². The van der Waals surface area contributed by atoms with Crippen LogP contribution in [0.1, 0.15) is 36.0 Å². The minimum absolute atomic E-state index is 0.0490. The van der Waals surface area contributed by atoms with Gasteiger partial charge in [-0.1, -0.05) is 11.6 Å². The number of aromatic nitrogens is 3. The predicted molar refractivity (Wildman–Crippen MR) is 118 cm³/mol. The number of nitrogens with zero attached hydrogens (tertiary/aromatic N) is 4. The van der Waals surface area contributed by atoms with Crippen LogP contribution in [-0.2, 0) is 0 Å². The monoisotopic (exact) mass is 452 g/mol. The first-order valence-electron chi connectivity index (χ1n) is 10.7. The summed E-state index contributed by atoms with van der Waals surface area (Å²) in [7, 11) is 0. The summed E-state index contributed by atoms with van der Waals surface area (Å²) in [6.45, 7) is 0.435. The third-order valence-electron chi connectivity index (χ3n) is 6.36. The molecule has 2 fully saturated rings. The molecule has 1 amide bonds. The number of amides is 1. The van der Waals surface area contributed by atoms with Crippen molar-refractivity contribution in [2.24, 2.45) is 5.92 Å². The highest BCUT2D eigenvalue weighted by atomic mass is 35.5. The molecule has 3 atom stereocenters. The summed E-state index contributed by atoms with van der Waals surface area (Å²) in [5.74, 6) is 0.624. The van der Waals surface area contributed by atoms with Gasteiger partial charge in [-0.05, 0) is 56.0 Å². The maximum Gasteiger partial charge on any atom is 0.255 e. The van der Waals surface area contributed by atoms with Crippen LogP contribution in [0.15, 0.2) is 55.0 Å². The molecule has 2 bridgehead atoms. The number of carbonyl (C=O) groups excluding carboxylic acids is 1. The van der Waals surface area contributed by atoms with Gasteiger partial charge < -0.3 is 9.64 Å². The molecule has 8 heteroatoms. The molecule has 4 heterocycles. The number of ether oxygens (including phenoxy) is 1. The Morgan fingerprint density at radius 2 is 1.91 bits per heavy atom. The van der Waals surface area contributed by atoms with E-state index in [1.165, 1.54) is 12.1 Å². The van der Waals surface area contributed by atoms with Gasteiger partial charge in [0.1, 0.15) is 5.82 Å². The average Bonchev–Trinajstić information content (AvgIpc) is 3.13. The Labute approximate surface area is 190 Å². The highest BCUT2D eigenvalue weighted by Gasteiger charge is 2.45. The normalized spacial score (nSPS) is 22.1. The summed E-state index contributed by atoms with van der Waals surface area (Å²) >= 11 is 6.27. The van der Waals surface area contributed by atoms with Crippen molar-refractivity contribution in [2.45, 2.75) is 37.8 Å². The lowest BCUT2D eigenvalue weighted by atomic mass is 9.90. The van der Waals surface area contributed by atoms with Gasteiger partial charge >= 0.3 is 0 Å². The van der Waals surface area contributed by atoms with E-state index in [1.807, 2.05) is 4.90 Å². The molecule has 3 aromatic rings. The molecule has 1 unspecified atom stereocenters. The van der Waals surface area contributed by atoms with E-state index in [4.69, 9.17) is 16.3 Å². The molecule has 0 spiro atoms. The summed E-state index contributed by atoms with van der Waals surface area (Å²) in [4.78, 5) is 28.4. The van der Waals surface area contributed by atoms with Gasteiger partial charge in [0, 0.05) is 47.0 Å². The summed E-state index contributed by atoms with van der Waals surface area (Å²) < 4.78 is 18.9. The van der Waals surface area contributed by atoms with Gasteiger partial charge in [-0.3, -0.25) is 4.79 Å². The molecule has 2 aliphatic heterocycles. The Hall–Kier alpha value is -3.06. The van der Waals surface area contributed by atoms with Gasteiger partial charge in [-0.15, -0.1) is 0 Å². The lowest BCUT2D eigenvalue weighted by Gasteiger charge is -2.40. The van der Waals surface area contributed by atoms with Crippen LogP contribution in [0, 0.1) is 11.7 Å². The van der Waals surface area contributed by atoms with Crippen molar-refractivity contribution < 1.29 is 13.9 Å². The summed E-state index contributed by atoms with van der Waals surface area (Å²) in [6.07, 6.45) is 8.26. The number of rotatable bonds is 5. The fraction of sp³-hybridized carbons (Fsp3) is 0.333. The van der Waals surface area contributed by atoms with E-state index in [1.54, 1.807) is 36.7 Å². The van der Waals surface area contributed by atoms with Gasteiger partial charge in [0.25, 0.3) is 5.91 Å². The van der Waals surface area contributed by atoms with Crippen LogP contribution in [0.4, 0.5) is 4.39 Å². The van der Waals surface area contributed by atoms with E-state index in [0.717, 1.165) is 31.9 Å². The minimum atomic E-state index is -0.398. The summed E-state index contributed by atoms with van der Waals surface area (Å²) in [5.41, 5.74) is 1.19. The van der Waals surface area contributed by atoms with Gasteiger partial charge in [-0.2, -0.15) is 0 Å². The number of fused-ring (bicyclic) bond motifs is 2. The van der Waals surface area contributed by atoms with Gasteiger partial charge in [0.15, 0.2) is 5.82 Å². The Morgan fingerprint density at radius 3 is 2.69 bits per heavy atom. The van der Waals surface area contributed by atoms with Gasteiger partial charge in [0.2, 0.25) is 5.88 Å². The zero-order chi connectivity index (χ0) is 22.1. The summed E-state index contributed by atoms with van der Waals surface area (Å²) in [6, 6.07) is 10.1. The molecular formula is C24H22ClFN4O2. The fourth-order valence-corrected chi connectivity index (χ4v) is 5.05. The Morgan fingerprint density at radius 1 is 1.09 bits per heavy atom. The van der Waals surface area contributed by atoms with E-state index in [9.17, 15) is 9.18 Å². The van der Waals surface area contributed by atoms with Crippen LogP contribution in [-0.4, -0.2) is 44.4 Å². The lowest BCUT2D eigenvalue weighted by Crippen LogP contribution is -2.49. The van der Waals surface area contributed by atoms with E-state index >= 15 is 0 Å². The quantitative estimate of drug-likeness (QED) is 0.556. The van der Waals surface area contributed by atoms with E-state index in [2.05, 4.69) is 15.0 Å². The summed E-state index contributed by atoms with van der Waals surface area (Å²) in [5, 5.41) is 0.500. The molecule has 164 valence electrons. The molecule has 6 nitrogen and oxygen atoms in total. The van der Waals surface area contributed by atoms with Gasteiger partial charge in [0.05, 0.1) is 18.4 Å². The topological polar surface area (TPSA) is 68.2 Å². The number of hydrogen-bond acceptors (Lipinski definition) is 5. The standard InChI is InChI=1S/C24H22ClFN4O2/c25-16-3-7-19(23-27-10-1-11-28-23)20(12-16)24(31)30-18-5-2-15(21(30)8-6-18)14-32-22-9-4-17(26)13-29-22/h1,3-4,7,9-13,15,18,21H,2,5-6,8,14H2/t15-,18-,21?/m1/s1. The SMILES string of the molecule is O=C(c1cc(Cl)ccc1-c1ncccn1)N1C2CC[C@H]1CC[C@@H]2COc1ccc(F)cn1. The first-order chi connectivity index (χ1) is 15.6. The van der Waals surface area contributed by atoms with Crippen molar-refractivity contribution >= 4 is 17.5 Å². The number of piperidine rings is 1. The molecule has 32 heavy (non-hydrogen) atoms. The van der Waals surface area contributed by atoms with Crippen LogP contribution < -0.4 is 4.74 Å². The zero-order valence-corrected chi connectivity index (χ0v) is 18.1. The van der Waals surface area contributed by atoms with Gasteiger partial charge in [-0.25, -0.2) is 19.3 Å². The Balaban J connectivity index is 1.39. The van der Waals surface area contributed by atoms with Crippen LogP contribution in [0.3, 0.4) is 0 Å². The predicted octanol–water partition coefficient (Wildman–Crippen LogP) is 4.79. The van der Waals surface area contributed by atoms with E-state index < -0.39 is 5.82 Å². The molecule has 5 rings (SSSR count). The maximum atomic E-state index is 13.8. The first kappa shape index (κ1) is 20.8. The van der Waals surface area contributed by atoms with Crippen LogP contribution in [0.5, 0.6) is 5.88 Å². The van der Waals surface area contributed by atoms with Crippen molar-refractivity contribution in [3.63, 3.8) is 0 Å². The number of hydrogen-bond donors (Lipinski definition) is 0. The Bertz CT molecular complexity index is 1110. The number of carbonyl (C=O) groups is 1. The maximum absolute atomic E-state index is 13.8. The molecule has 1 aromatic carbocycles. The van der Waals surface area contributed by atoms with Crippen molar-refractivity contribution in [3.05, 3.63) is 71.4 Å². The minimum Gasteiger partial charge on any atom is -0.477 e. The fourth-order valence-electron chi connectivity index (χ4n) is 4.87. The molecule has 0 aliphatic carbocycles. The molecule has 2 saturated heterocycles. The molecule has 2 aliphatic rings. The largest absolute Gasteiger partial charge is 0.477 e. The van der Waals surface area contributed by atoms with Crippen molar-refractivity contribution in [1.82, 2.24) is 19.9 Å². The van der Waals surface area contributed by atoms with Crippen LogP contribution >= 0.6 is 11.6 Å². The molecule has 2 aromatic heterocycles. The van der Waals surface area contributed by atoms with Crippen LogP contribution in [0.2, 0.25) is 5.02 Å². The molecule has 0 N–H and O–H groups in total. The highest BCUT2D eigenvalue weighted by Crippen LogP contribution is 2.41. The third-order valence-corrected chi connectivity index (χ3v) is 6.60. The number of benzene rings is 1.